The number of nitrogens with zero attached hydrogens (tertiary/aromatic N) is 1. The number of benzene rings is 1. The summed E-state index contributed by atoms with van der Waals surface area (Å²) in [6.45, 7) is 0.595. The smallest absolute Gasteiger partial charge is 0.207 e. The molecule has 0 bridgehead atoms. The number of rotatable bonds is 5. The molecule has 0 N–H and O–H groups in total. The van der Waals surface area contributed by atoms with Crippen LogP contribution in [0.15, 0.2) is 29.2 Å². The highest BCUT2D eigenvalue weighted by molar-refractivity contribution is 7.89. The molecule has 0 amide bonds. The van der Waals surface area contributed by atoms with Crippen molar-refractivity contribution in [2.75, 3.05) is 12.4 Å². The number of sulfonamides is 1. The SMILES string of the molecule is O=S(=O)(c1ccc(Cl)cc1)N1CCCC1CCCCl. The summed E-state index contributed by atoms with van der Waals surface area (Å²) in [5.74, 6) is 0.575. The summed E-state index contributed by atoms with van der Waals surface area (Å²) in [5, 5.41) is 0.541. The van der Waals surface area contributed by atoms with Crippen LogP contribution in [0.5, 0.6) is 0 Å². The van der Waals surface area contributed by atoms with E-state index in [0.29, 0.717) is 22.3 Å². The summed E-state index contributed by atoms with van der Waals surface area (Å²) in [4.78, 5) is 0.315. The fraction of sp³-hybridized carbons (Fsp3) is 0.538. The molecule has 19 heavy (non-hydrogen) atoms. The van der Waals surface area contributed by atoms with E-state index >= 15 is 0 Å². The van der Waals surface area contributed by atoms with Crippen LogP contribution in [-0.4, -0.2) is 31.2 Å². The lowest BCUT2D eigenvalue weighted by Crippen LogP contribution is -2.35. The van der Waals surface area contributed by atoms with Crippen LogP contribution in [0.3, 0.4) is 0 Å². The number of halogens is 2. The Morgan fingerprint density at radius 2 is 1.95 bits per heavy atom. The lowest BCUT2D eigenvalue weighted by molar-refractivity contribution is 0.368. The second kappa shape index (κ2) is 6.44. The lowest BCUT2D eigenvalue weighted by Gasteiger charge is -2.23. The van der Waals surface area contributed by atoms with Gasteiger partial charge in [0.15, 0.2) is 0 Å². The van der Waals surface area contributed by atoms with E-state index in [-0.39, 0.29) is 6.04 Å². The van der Waals surface area contributed by atoms with Gasteiger partial charge in [-0.2, -0.15) is 4.31 Å². The van der Waals surface area contributed by atoms with Gasteiger partial charge < -0.3 is 0 Å². The molecular formula is C13H17Cl2NO2S. The van der Waals surface area contributed by atoms with Gasteiger partial charge in [-0.05, 0) is 49.9 Å². The van der Waals surface area contributed by atoms with Crippen molar-refractivity contribution in [3.63, 3.8) is 0 Å². The van der Waals surface area contributed by atoms with Crippen LogP contribution in [0.25, 0.3) is 0 Å². The molecule has 1 aliphatic heterocycles. The highest BCUT2D eigenvalue weighted by Crippen LogP contribution is 2.29. The Balaban J connectivity index is 2.21. The number of hydrogen-bond donors (Lipinski definition) is 0. The zero-order chi connectivity index (χ0) is 13.9. The molecule has 1 aliphatic rings. The molecule has 0 spiro atoms. The first-order valence-corrected chi connectivity index (χ1v) is 8.74. The maximum absolute atomic E-state index is 12.6. The highest BCUT2D eigenvalue weighted by Gasteiger charge is 2.34. The van der Waals surface area contributed by atoms with Gasteiger partial charge in [0.2, 0.25) is 10.0 Å². The topological polar surface area (TPSA) is 37.4 Å². The van der Waals surface area contributed by atoms with Crippen molar-refractivity contribution in [2.24, 2.45) is 0 Å². The van der Waals surface area contributed by atoms with Crippen molar-refractivity contribution in [1.82, 2.24) is 4.31 Å². The van der Waals surface area contributed by atoms with Crippen molar-refractivity contribution in [3.05, 3.63) is 29.3 Å². The molecule has 1 heterocycles. The first-order valence-electron chi connectivity index (χ1n) is 6.39. The fourth-order valence-corrected chi connectivity index (χ4v) is 4.47. The van der Waals surface area contributed by atoms with Gasteiger partial charge in [0, 0.05) is 23.5 Å². The quantitative estimate of drug-likeness (QED) is 0.778. The highest BCUT2D eigenvalue weighted by atomic mass is 35.5. The third-order valence-corrected chi connectivity index (χ3v) is 5.90. The molecule has 2 rings (SSSR count). The first kappa shape index (κ1) is 15.1. The van der Waals surface area contributed by atoms with E-state index in [0.717, 1.165) is 25.7 Å². The van der Waals surface area contributed by atoms with Crippen LogP contribution >= 0.6 is 23.2 Å². The van der Waals surface area contributed by atoms with E-state index in [2.05, 4.69) is 0 Å². The molecule has 0 saturated carbocycles. The fourth-order valence-electron chi connectivity index (χ4n) is 2.47. The summed E-state index contributed by atoms with van der Waals surface area (Å²) >= 11 is 11.5. The second-order valence-electron chi connectivity index (χ2n) is 4.70. The Hall–Kier alpha value is -0.290. The standard InChI is InChI=1S/C13H17Cl2NO2S/c14-9-1-3-12-4-2-10-16(12)19(17,18)13-7-5-11(15)6-8-13/h5-8,12H,1-4,9-10H2. The molecule has 1 fully saturated rings. The van der Waals surface area contributed by atoms with Crippen molar-refractivity contribution in [1.29, 1.82) is 0 Å². The molecule has 0 aliphatic carbocycles. The predicted molar refractivity (Wildman–Crippen MR) is 78.3 cm³/mol. The number of alkyl halides is 1. The Morgan fingerprint density at radius 3 is 2.58 bits per heavy atom. The maximum Gasteiger partial charge on any atom is 0.243 e. The van der Waals surface area contributed by atoms with Gasteiger partial charge in [0.25, 0.3) is 0 Å². The van der Waals surface area contributed by atoms with E-state index in [1.807, 2.05) is 0 Å². The lowest BCUT2D eigenvalue weighted by atomic mass is 10.1. The van der Waals surface area contributed by atoms with Gasteiger partial charge >= 0.3 is 0 Å². The molecule has 0 radical (unpaired) electrons. The molecule has 3 nitrogen and oxygen atoms in total. The van der Waals surface area contributed by atoms with Crippen LogP contribution in [0, 0.1) is 0 Å². The van der Waals surface area contributed by atoms with Crippen molar-refractivity contribution < 1.29 is 8.42 Å². The molecule has 1 aromatic carbocycles. The van der Waals surface area contributed by atoms with Crippen molar-refractivity contribution in [3.8, 4) is 0 Å². The molecule has 1 unspecified atom stereocenters. The Bertz CT molecular complexity index is 516. The predicted octanol–water partition coefficient (Wildman–Crippen LogP) is 3.51. The Kier molecular flexibility index (Phi) is 5.12. The van der Waals surface area contributed by atoms with Crippen LogP contribution in [-0.2, 0) is 10.0 Å². The third-order valence-electron chi connectivity index (χ3n) is 3.41. The minimum Gasteiger partial charge on any atom is -0.207 e. The van der Waals surface area contributed by atoms with Crippen LogP contribution in [0.1, 0.15) is 25.7 Å². The summed E-state index contributed by atoms with van der Waals surface area (Å²) in [6.07, 6.45) is 3.51. The van der Waals surface area contributed by atoms with E-state index in [1.54, 1.807) is 28.6 Å². The minimum atomic E-state index is -3.40. The largest absolute Gasteiger partial charge is 0.243 e. The average Bonchev–Trinajstić information content (AvgIpc) is 2.86. The van der Waals surface area contributed by atoms with Crippen LogP contribution in [0.4, 0.5) is 0 Å². The van der Waals surface area contributed by atoms with Gasteiger partial charge in [-0.1, -0.05) is 11.6 Å². The monoisotopic (exact) mass is 321 g/mol. The molecule has 0 aromatic heterocycles. The van der Waals surface area contributed by atoms with E-state index < -0.39 is 10.0 Å². The zero-order valence-electron chi connectivity index (χ0n) is 10.6. The van der Waals surface area contributed by atoms with Crippen molar-refractivity contribution >= 4 is 33.2 Å². The minimum absolute atomic E-state index is 0.0828. The maximum atomic E-state index is 12.6. The van der Waals surface area contributed by atoms with E-state index in [9.17, 15) is 8.42 Å². The Morgan fingerprint density at radius 1 is 1.26 bits per heavy atom. The molecule has 1 aromatic rings. The van der Waals surface area contributed by atoms with Gasteiger partial charge in [-0.25, -0.2) is 8.42 Å². The zero-order valence-corrected chi connectivity index (χ0v) is 12.9. The van der Waals surface area contributed by atoms with Gasteiger partial charge in [0.05, 0.1) is 4.90 Å². The summed E-state index contributed by atoms with van der Waals surface area (Å²) < 4.78 is 26.8. The molecular weight excluding hydrogens is 305 g/mol. The van der Waals surface area contributed by atoms with Gasteiger partial charge in [-0.3, -0.25) is 0 Å². The average molecular weight is 322 g/mol. The summed E-state index contributed by atoms with van der Waals surface area (Å²) in [7, 11) is -3.40. The van der Waals surface area contributed by atoms with Gasteiger partial charge in [0.1, 0.15) is 0 Å². The number of hydrogen-bond acceptors (Lipinski definition) is 2. The van der Waals surface area contributed by atoms with Gasteiger partial charge in [-0.15, -0.1) is 11.6 Å². The normalized spacial score (nSPS) is 20.8. The van der Waals surface area contributed by atoms with E-state index in [1.165, 1.54) is 0 Å². The summed E-state index contributed by atoms with van der Waals surface area (Å²) in [5.41, 5.74) is 0. The van der Waals surface area contributed by atoms with E-state index in [4.69, 9.17) is 23.2 Å². The van der Waals surface area contributed by atoms with Crippen LogP contribution < -0.4 is 0 Å². The van der Waals surface area contributed by atoms with Crippen molar-refractivity contribution in [2.45, 2.75) is 36.6 Å². The molecule has 1 atom stereocenters. The molecule has 1 saturated heterocycles. The molecule has 6 heteroatoms. The molecule has 106 valence electrons. The Labute approximate surface area is 124 Å². The third kappa shape index (κ3) is 3.43. The first-order chi connectivity index (χ1) is 9.05. The van der Waals surface area contributed by atoms with Crippen LogP contribution in [0.2, 0.25) is 5.02 Å². The summed E-state index contributed by atoms with van der Waals surface area (Å²) in [6, 6.07) is 6.43. The second-order valence-corrected chi connectivity index (χ2v) is 7.40.